The number of nitrogens with zero attached hydrogens (tertiary/aromatic N) is 2. The smallest absolute Gasteiger partial charge is 0.337 e. The zero-order chi connectivity index (χ0) is 24.8. The van der Waals surface area contributed by atoms with Crippen LogP contribution in [0.25, 0.3) is 5.76 Å². The number of rotatable bonds is 9. The number of hydrogen-bond acceptors (Lipinski definition) is 9. The molecule has 1 saturated heterocycles. The molecule has 34 heavy (non-hydrogen) atoms. The Bertz CT molecular complexity index is 1140. The van der Waals surface area contributed by atoms with Crippen molar-refractivity contribution in [2.24, 2.45) is 0 Å². The number of nitro groups is 1. The summed E-state index contributed by atoms with van der Waals surface area (Å²) in [5, 5.41) is 31.0. The van der Waals surface area contributed by atoms with Crippen molar-refractivity contribution in [2.75, 3.05) is 33.5 Å². The average molecular weight is 470 g/mol. The van der Waals surface area contributed by atoms with Crippen molar-refractivity contribution in [3.05, 3.63) is 80.9 Å². The molecule has 0 saturated carbocycles. The number of carbonyl (C=O) groups is 3. The lowest BCUT2D eigenvalue weighted by molar-refractivity contribution is -0.384. The lowest BCUT2D eigenvalue weighted by Gasteiger charge is -2.25. The summed E-state index contributed by atoms with van der Waals surface area (Å²) >= 11 is 0. The largest absolute Gasteiger partial charge is 0.507 e. The number of amides is 1. The van der Waals surface area contributed by atoms with E-state index in [0.29, 0.717) is 5.56 Å². The van der Waals surface area contributed by atoms with E-state index in [-0.39, 0.29) is 48.8 Å². The molecule has 2 N–H and O–H groups in total. The Morgan fingerprint density at radius 2 is 1.82 bits per heavy atom. The van der Waals surface area contributed by atoms with Gasteiger partial charge >= 0.3 is 5.97 Å². The Morgan fingerprint density at radius 3 is 2.44 bits per heavy atom. The Hall–Kier alpha value is -4.09. The molecule has 3 rings (SSSR count). The molecule has 178 valence electrons. The van der Waals surface area contributed by atoms with Gasteiger partial charge in [0.2, 0.25) is 0 Å². The number of ether oxygens (including phenoxy) is 2. The van der Waals surface area contributed by atoms with Gasteiger partial charge in [-0.05, 0) is 17.7 Å². The summed E-state index contributed by atoms with van der Waals surface area (Å²) < 4.78 is 9.91. The Balaban J connectivity index is 2.10. The molecule has 1 heterocycles. The molecule has 0 aliphatic carbocycles. The summed E-state index contributed by atoms with van der Waals surface area (Å²) in [5.41, 5.74) is 0.113. The van der Waals surface area contributed by atoms with Gasteiger partial charge in [0.1, 0.15) is 5.76 Å². The maximum absolute atomic E-state index is 12.9. The molecular weight excluding hydrogens is 448 g/mol. The van der Waals surface area contributed by atoms with E-state index in [2.05, 4.69) is 4.74 Å². The van der Waals surface area contributed by atoms with Crippen LogP contribution in [0.5, 0.6) is 0 Å². The summed E-state index contributed by atoms with van der Waals surface area (Å²) in [4.78, 5) is 49.3. The maximum Gasteiger partial charge on any atom is 0.337 e. The highest BCUT2D eigenvalue weighted by Gasteiger charge is 2.46. The average Bonchev–Trinajstić information content (AvgIpc) is 3.10. The van der Waals surface area contributed by atoms with Crippen LogP contribution in [-0.2, 0) is 19.1 Å². The summed E-state index contributed by atoms with van der Waals surface area (Å²) in [6, 6.07) is 9.98. The lowest BCUT2D eigenvalue weighted by atomic mass is 9.94. The minimum Gasteiger partial charge on any atom is -0.507 e. The minimum atomic E-state index is -1.04. The summed E-state index contributed by atoms with van der Waals surface area (Å²) in [7, 11) is 1.23. The Kier molecular flexibility index (Phi) is 7.71. The third kappa shape index (κ3) is 4.95. The van der Waals surface area contributed by atoms with E-state index in [0.717, 1.165) is 6.07 Å². The van der Waals surface area contributed by atoms with Crippen LogP contribution < -0.4 is 0 Å². The Labute approximate surface area is 194 Å². The van der Waals surface area contributed by atoms with Crippen LogP contribution in [0.15, 0.2) is 54.1 Å². The second-order valence-corrected chi connectivity index (χ2v) is 7.25. The molecule has 1 aliphatic rings. The lowest BCUT2D eigenvalue weighted by Crippen LogP contribution is -2.33. The van der Waals surface area contributed by atoms with Crippen molar-refractivity contribution in [1.29, 1.82) is 0 Å². The number of Topliss-reactive ketones (excluding diaryl/α,β-unsaturated/α-hetero) is 1. The first-order valence-corrected chi connectivity index (χ1v) is 10.2. The van der Waals surface area contributed by atoms with Gasteiger partial charge in [-0.1, -0.05) is 24.3 Å². The third-order valence-electron chi connectivity index (χ3n) is 5.23. The molecule has 2 aromatic carbocycles. The van der Waals surface area contributed by atoms with E-state index in [4.69, 9.17) is 9.84 Å². The topological polar surface area (TPSA) is 157 Å². The maximum atomic E-state index is 12.9. The van der Waals surface area contributed by atoms with Crippen LogP contribution in [0, 0.1) is 10.1 Å². The Morgan fingerprint density at radius 1 is 1.12 bits per heavy atom. The van der Waals surface area contributed by atoms with Crippen LogP contribution in [0.3, 0.4) is 0 Å². The molecule has 0 radical (unpaired) electrons. The van der Waals surface area contributed by atoms with Crippen molar-refractivity contribution in [1.82, 2.24) is 4.90 Å². The number of aliphatic hydroxyl groups is 2. The number of likely N-dealkylation sites (tertiary alicyclic amines) is 1. The van der Waals surface area contributed by atoms with Gasteiger partial charge in [0.05, 0.1) is 49.0 Å². The van der Waals surface area contributed by atoms with Crippen LogP contribution in [0.4, 0.5) is 5.69 Å². The normalized spacial score (nSPS) is 17.1. The quantitative estimate of drug-likeness (QED) is 0.106. The third-order valence-corrected chi connectivity index (χ3v) is 5.23. The first kappa shape index (κ1) is 24.6. The van der Waals surface area contributed by atoms with Gasteiger partial charge < -0.3 is 24.6 Å². The van der Waals surface area contributed by atoms with Crippen molar-refractivity contribution in [3.63, 3.8) is 0 Å². The van der Waals surface area contributed by atoms with E-state index in [1.165, 1.54) is 54.5 Å². The van der Waals surface area contributed by atoms with Gasteiger partial charge in [0.25, 0.3) is 17.4 Å². The SMILES string of the molecule is COC(=O)c1ccc(C2C(=C(O)c3cccc([N+](=O)[O-])c3)C(=O)C(=O)N2CCOCCO)cc1. The number of benzene rings is 2. The molecule has 1 aliphatic heterocycles. The molecule has 0 bridgehead atoms. The van der Waals surface area contributed by atoms with Gasteiger partial charge in [-0.2, -0.15) is 0 Å². The molecule has 1 unspecified atom stereocenters. The van der Waals surface area contributed by atoms with Crippen LogP contribution in [0.1, 0.15) is 27.5 Å². The molecule has 2 aromatic rings. The molecule has 1 amide bonds. The molecule has 0 aromatic heterocycles. The van der Waals surface area contributed by atoms with E-state index >= 15 is 0 Å². The first-order valence-electron chi connectivity index (χ1n) is 10.2. The van der Waals surface area contributed by atoms with E-state index < -0.39 is 34.4 Å². The van der Waals surface area contributed by atoms with Gasteiger partial charge in [-0.15, -0.1) is 0 Å². The fourth-order valence-corrected chi connectivity index (χ4v) is 3.63. The molecule has 1 fully saturated rings. The number of hydrogen-bond donors (Lipinski definition) is 2. The van der Waals surface area contributed by atoms with Crippen molar-refractivity contribution >= 4 is 29.1 Å². The number of non-ortho nitro benzene ring substituents is 1. The molecular formula is C23H22N2O9. The highest BCUT2D eigenvalue weighted by molar-refractivity contribution is 6.46. The zero-order valence-corrected chi connectivity index (χ0v) is 18.2. The number of carbonyl (C=O) groups excluding carboxylic acids is 3. The monoisotopic (exact) mass is 470 g/mol. The highest BCUT2D eigenvalue weighted by atomic mass is 16.6. The first-order chi connectivity index (χ1) is 16.3. The van der Waals surface area contributed by atoms with Gasteiger partial charge in [-0.25, -0.2) is 4.79 Å². The van der Waals surface area contributed by atoms with Gasteiger partial charge in [0.15, 0.2) is 0 Å². The van der Waals surface area contributed by atoms with E-state index in [1.807, 2.05) is 0 Å². The fourth-order valence-electron chi connectivity index (χ4n) is 3.63. The van der Waals surface area contributed by atoms with Crippen LogP contribution in [0.2, 0.25) is 0 Å². The minimum absolute atomic E-state index is 0.0000820. The predicted octanol–water partition coefficient (Wildman–Crippen LogP) is 1.81. The predicted molar refractivity (Wildman–Crippen MR) is 118 cm³/mol. The zero-order valence-electron chi connectivity index (χ0n) is 18.2. The number of nitro benzene ring substituents is 1. The molecule has 1 atom stereocenters. The highest BCUT2D eigenvalue weighted by Crippen LogP contribution is 2.39. The number of aliphatic hydroxyl groups excluding tert-OH is 2. The van der Waals surface area contributed by atoms with Crippen molar-refractivity contribution in [2.45, 2.75) is 6.04 Å². The summed E-state index contributed by atoms with van der Waals surface area (Å²) in [6.07, 6.45) is 0. The van der Waals surface area contributed by atoms with Gasteiger partial charge in [0, 0.05) is 24.2 Å². The second-order valence-electron chi connectivity index (χ2n) is 7.25. The van der Waals surface area contributed by atoms with Crippen LogP contribution in [-0.4, -0.2) is 71.2 Å². The van der Waals surface area contributed by atoms with Gasteiger partial charge in [-0.3, -0.25) is 19.7 Å². The number of ketones is 1. The summed E-state index contributed by atoms with van der Waals surface area (Å²) in [6.45, 7) is -0.193. The summed E-state index contributed by atoms with van der Waals surface area (Å²) in [5.74, 6) is -2.99. The van der Waals surface area contributed by atoms with E-state index in [1.54, 1.807) is 0 Å². The number of methoxy groups -OCH3 is 1. The fraction of sp³-hybridized carbons (Fsp3) is 0.261. The molecule has 0 spiro atoms. The molecule has 11 nitrogen and oxygen atoms in total. The van der Waals surface area contributed by atoms with Crippen molar-refractivity contribution in [3.8, 4) is 0 Å². The van der Waals surface area contributed by atoms with Crippen molar-refractivity contribution < 1.29 is 39.0 Å². The second kappa shape index (κ2) is 10.7. The molecule has 11 heteroatoms. The van der Waals surface area contributed by atoms with E-state index in [9.17, 15) is 29.6 Å². The number of esters is 1. The standard InChI is InChI=1S/C23H22N2O9/c1-33-23(30)15-7-5-14(6-8-15)19-18(20(27)16-3-2-4-17(13-16)25(31)32)21(28)22(29)24(19)9-11-34-12-10-26/h2-8,13,19,26-27H,9-12H2,1H3. The van der Waals surface area contributed by atoms with Crippen LogP contribution >= 0.6 is 0 Å².